The monoisotopic (exact) mass is 237 g/mol. The number of nitrogens with zero attached hydrogens (tertiary/aromatic N) is 2. The predicted molar refractivity (Wildman–Crippen MR) is 70.0 cm³/mol. The lowest BCUT2D eigenvalue weighted by Gasteiger charge is -2.07. The fraction of sp³-hybridized carbons (Fsp3) is 0.615. The third-order valence-electron chi connectivity index (χ3n) is 2.36. The third kappa shape index (κ3) is 5.15. The van der Waals surface area contributed by atoms with Gasteiger partial charge < -0.3 is 10.1 Å². The molecule has 0 saturated carbocycles. The molecule has 0 saturated heterocycles. The van der Waals surface area contributed by atoms with Gasteiger partial charge in [-0.1, -0.05) is 12.2 Å². The van der Waals surface area contributed by atoms with Crippen molar-refractivity contribution < 1.29 is 4.74 Å². The first-order valence-electron chi connectivity index (χ1n) is 6.09. The van der Waals surface area contributed by atoms with Crippen LogP contribution in [-0.2, 0) is 17.8 Å². The fourth-order valence-electron chi connectivity index (χ4n) is 1.62. The maximum Gasteiger partial charge on any atom is 0.0672 e. The molecule has 0 bridgehead atoms. The molecule has 17 heavy (non-hydrogen) atoms. The molecule has 0 aliphatic heterocycles. The Kier molecular flexibility index (Phi) is 5.94. The van der Waals surface area contributed by atoms with Gasteiger partial charge in [-0.05, 0) is 26.8 Å². The number of rotatable bonds is 8. The van der Waals surface area contributed by atoms with E-state index in [1.165, 1.54) is 5.69 Å². The van der Waals surface area contributed by atoms with E-state index >= 15 is 0 Å². The Hall–Kier alpha value is -1.13. The summed E-state index contributed by atoms with van der Waals surface area (Å²) in [7, 11) is 0. The average Bonchev–Trinajstić information content (AvgIpc) is 2.63. The van der Waals surface area contributed by atoms with E-state index in [0.29, 0.717) is 13.2 Å². The average molecular weight is 237 g/mol. The molecule has 1 N–H and O–H groups in total. The molecule has 1 aromatic rings. The van der Waals surface area contributed by atoms with Crippen LogP contribution in [0.5, 0.6) is 0 Å². The van der Waals surface area contributed by atoms with Crippen molar-refractivity contribution in [3.63, 3.8) is 0 Å². The van der Waals surface area contributed by atoms with Crippen LogP contribution in [0.25, 0.3) is 0 Å². The van der Waals surface area contributed by atoms with Gasteiger partial charge >= 0.3 is 0 Å². The number of aryl methyl sites for hydroxylation is 2. The molecule has 0 amide bonds. The quantitative estimate of drug-likeness (QED) is 0.554. The lowest BCUT2D eigenvalue weighted by Crippen LogP contribution is -2.21. The molecule has 0 aliphatic rings. The Labute approximate surface area is 104 Å². The molecule has 0 fully saturated rings. The van der Waals surface area contributed by atoms with Crippen molar-refractivity contribution in [3.8, 4) is 0 Å². The Bertz CT molecular complexity index is 358. The van der Waals surface area contributed by atoms with Crippen LogP contribution in [0.2, 0.25) is 0 Å². The van der Waals surface area contributed by atoms with Crippen molar-refractivity contribution in [1.29, 1.82) is 0 Å². The zero-order valence-electron chi connectivity index (χ0n) is 11.1. The van der Waals surface area contributed by atoms with Gasteiger partial charge in [-0.3, -0.25) is 4.68 Å². The van der Waals surface area contributed by atoms with Crippen LogP contribution in [-0.4, -0.2) is 29.5 Å². The summed E-state index contributed by atoms with van der Waals surface area (Å²) < 4.78 is 7.44. The summed E-state index contributed by atoms with van der Waals surface area (Å²) in [4.78, 5) is 0. The van der Waals surface area contributed by atoms with Gasteiger partial charge in [0.2, 0.25) is 0 Å². The highest BCUT2D eigenvalue weighted by Crippen LogP contribution is 2.02. The normalized spacial score (nSPS) is 10.8. The van der Waals surface area contributed by atoms with E-state index in [4.69, 9.17) is 4.74 Å². The number of hydrogen-bond donors (Lipinski definition) is 1. The molecule has 1 rings (SSSR count). The summed E-state index contributed by atoms with van der Waals surface area (Å²) in [5.74, 6) is 0. The molecular formula is C13H23N3O. The smallest absolute Gasteiger partial charge is 0.0672 e. The Morgan fingerprint density at radius 2 is 2.35 bits per heavy atom. The van der Waals surface area contributed by atoms with E-state index in [1.54, 1.807) is 0 Å². The maximum absolute atomic E-state index is 5.41. The topological polar surface area (TPSA) is 39.1 Å². The van der Waals surface area contributed by atoms with Gasteiger partial charge in [-0.2, -0.15) is 5.10 Å². The summed E-state index contributed by atoms with van der Waals surface area (Å²) in [6.07, 6.45) is 0. The Balaban J connectivity index is 2.19. The van der Waals surface area contributed by atoms with Crippen LogP contribution in [0.15, 0.2) is 18.2 Å². The van der Waals surface area contributed by atoms with Crippen molar-refractivity contribution in [1.82, 2.24) is 15.1 Å². The number of ether oxygens (including phenoxy) is 1. The third-order valence-corrected chi connectivity index (χ3v) is 2.36. The number of hydrogen-bond acceptors (Lipinski definition) is 3. The highest BCUT2D eigenvalue weighted by atomic mass is 16.5. The predicted octanol–water partition coefficient (Wildman–Crippen LogP) is 1.89. The van der Waals surface area contributed by atoms with Crippen LogP contribution in [0.3, 0.4) is 0 Å². The second-order valence-electron chi connectivity index (χ2n) is 4.28. The van der Waals surface area contributed by atoms with Crippen molar-refractivity contribution >= 4 is 0 Å². The van der Waals surface area contributed by atoms with Crippen LogP contribution in [0, 0.1) is 6.92 Å². The largest absolute Gasteiger partial charge is 0.376 e. The molecule has 4 heteroatoms. The SMILES string of the molecule is C=C(C)COCCNCc1cc(C)nn1CC. The molecule has 0 spiro atoms. The summed E-state index contributed by atoms with van der Waals surface area (Å²) in [5, 5.41) is 7.75. The standard InChI is InChI=1S/C13H23N3O/c1-5-16-13(8-12(4)15-16)9-14-6-7-17-10-11(2)3/h8,14H,2,5-7,9-10H2,1,3-4H3. The number of aromatic nitrogens is 2. The molecule has 1 heterocycles. The first-order chi connectivity index (χ1) is 8.13. The molecule has 0 unspecified atom stereocenters. The van der Waals surface area contributed by atoms with E-state index in [0.717, 1.165) is 30.9 Å². The molecule has 1 aromatic heterocycles. The van der Waals surface area contributed by atoms with E-state index in [9.17, 15) is 0 Å². The lowest BCUT2D eigenvalue weighted by molar-refractivity contribution is 0.157. The van der Waals surface area contributed by atoms with Crippen molar-refractivity contribution in [2.24, 2.45) is 0 Å². The first kappa shape index (κ1) is 13.9. The molecule has 0 atom stereocenters. The minimum atomic E-state index is 0.647. The highest BCUT2D eigenvalue weighted by Gasteiger charge is 2.02. The van der Waals surface area contributed by atoms with Gasteiger partial charge in [-0.25, -0.2) is 0 Å². The van der Waals surface area contributed by atoms with Crippen molar-refractivity contribution in [2.75, 3.05) is 19.8 Å². The zero-order valence-corrected chi connectivity index (χ0v) is 11.1. The van der Waals surface area contributed by atoms with E-state index < -0.39 is 0 Å². The van der Waals surface area contributed by atoms with Gasteiger partial charge in [-0.15, -0.1) is 0 Å². The molecule has 0 aliphatic carbocycles. The van der Waals surface area contributed by atoms with Gasteiger partial charge in [0.1, 0.15) is 0 Å². The summed E-state index contributed by atoms with van der Waals surface area (Å²) in [6.45, 7) is 13.8. The molecular weight excluding hydrogens is 214 g/mol. The number of nitrogens with one attached hydrogen (secondary N) is 1. The molecule has 96 valence electrons. The lowest BCUT2D eigenvalue weighted by atomic mass is 10.3. The summed E-state index contributed by atoms with van der Waals surface area (Å²) >= 11 is 0. The summed E-state index contributed by atoms with van der Waals surface area (Å²) in [6, 6.07) is 2.12. The Morgan fingerprint density at radius 3 is 3.00 bits per heavy atom. The minimum absolute atomic E-state index is 0.647. The van der Waals surface area contributed by atoms with Gasteiger partial charge in [0.05, 0.1) is 24.6 Å². The van der Waals surface area contributed by atoms with E-state index in [1.807, 2.05) is 18.5 Å². The fourth-order valence-corrected chi connectivity index (χ4v) is 1.62. The van der Waals surface area contributed by atoms with E-state index in [-0.39, 0.29) is 0 Å². The second kappa shape index (κ2) is 7.25. The maximum atomic E-state index is 5.41. The summed E-state index contributed by atoms with van der Waals surface area (Å²) in [5.41, 5.74) is 3.36. The minimum Gasteiger partial charge on any atom is -0.376 e. The van der Waals surface area contributed by atoms with Crippen LogP contribution < -0.4 is 5.32 Å². The van der Waals surface area contributed by atoms with Gasteiger partial charge in [0.15, 0.2) is 0 Å². The van der Waals surface area contributed by atoms with Crippen LogP contribution in [0.1, 0.15) is 25.2 Å². The second-order valence-corrected chi connectivity index (χ2v) is 4.28. The van der Waals surface area contributed by atoms with Crippen molar-refractivity contribution in [2.45, 2.75) is 33.9 Å². The van der Waals surface area contributed by atoms with Crippen LogP contribution in [0.4, 0.5) is 0 Å². The van der Waals surface area contributed by atoms with Crippen LogP contribution >= 0.6 is 0 Å². The molecule has 0 aromatic carbocycles. The Morgan fingerprint density at radius 1 is 1.59 bits per heavy atom. The highest BCUT2D eigenvalue weighted by molar-refractivity contribution is 5.08. The molecule has 4 nitrogen and oxygen atoms in total. The first-order valence-corrected chi connectivity index (χ1v) is 6.09. The van der Waals surface area contributed by atoms with Gasteiger partial charge in [0.25, 0.3) is 0 Å². The zero-order chi connectivity index (χ0) is 12.7. The molecule has 0 radical (unpaired) electrons. The van der Waals surface area contributed by atoms with Gasteiger partial charge in [0, 0.05) is 19.6 Å². The van der Waals surface area contributed by atoms with E-state index in [2.05, 4.69) is 30.0 Å². The van der Waals surface area contributed by atoms with Crippen molar-refractivity contribution in [3.05, 3.63) is 29.6 Å².